The molecule has 23 heavy (non-hydrogen) atoms. The number of hydrogen-bond donors (Lipinski definition) is 1. The number of rotatable bonds is 6. The Morgan fingerprint density at radius 3 is 2.78 bits per heavy atom. The summed E-state index contributed by atoms with van der Waals surface area (Å²) in [5.41, 5.74) is 1.17. The third kappa shape index (κ3) is 4.05. The predicted octanol–water partition coefficient (Wildman–Crippen LogP) is 2.65. The van der Waals surface area contributed by atoms with Crippen molar-refractivity contribution in [1.82, 2.24) is 10.2 Å². The molecule has 1 amide bonds. The molecule has 0 bridgehead atoms. The van der Waals surface area contributed by atoms with Crippen molar-refractivity contribution in [2.75, 3.05) is 33.3 Å². The minimum absolute atomic E-state index is 0.118. The van der Waals surface area contributed by atoms with Crippen LogP contribution in [0.4, 0.5) is 0 Å². The van der Waals surface area contributed by atoms with Crippen molar-refractivity contribution in [3.8, 4) is 5.75 Å². The second-order valence-corrected chi connectivity index (χ2v) is 7.01. The van der Waals surface area contributed by atoms with Gasteiger partial charge in [-0.05, 0) is 55.8 Å². The molecule has 1 aliphatic heterocycles. The van der Waals surface area contributed by atoms with Crippen LogP contribution >= 0.6 is 0 Å². The summed E-state index contributed by atoms with van der Waals surface area (Å²) >= 11 is 0. The number of piperidine rings is 1. The summed E-state index contributed by atoms with van der Waals surface area (Å²) in [5.74, 6) is 2.39. The molecule has 2 fully saturated rings. The van der Waals surface area contributed by atoms with E-state index in [9.17, 15) is 4.79 Å². The monoisotopic (exact) mass is 316 g/mol. The largest absolute Gasteiger partial charge is 0.496 e. The number of nitrogens with one attached hydrogen (secondary N) is 1. The smallest absolute Gasteiger partial charge is 0.223 e. The second-order valence-electron chi connectivity index (χ2n) is 7.01. The zero-order valence-corrected chi connectivity index (χ0v) is 14.3. The van der Waals surface area contributed by atoms with Crippen molar-refractivity contribution in [2.24, 2.45) is 11.8 Å². The topological polar surface area (TPSA) is 41.6 Å². The summed E-state index contributed by atoms with van der Waals surface area (Å²) in [6.07, 6.45) is 3.51. The Bertz CT molecular complexity index is 538. The summed E-state index contributed by atoms with van der Waals surface area (Å²) in [5, 5.41) is 3.12. The van der Waals surface area contributed by atoms with Gasteiger partial charge in [0, 0.05) is 19.0 Å². The van der Waals surface area contributed by atoms with Crippen LogP contribution in [-0.2, 0) is 4.79 Å². The van der Waals surface area contributed by atoms with Crippen LogP contribution in [0.5, 0.6) is 5.75 Å². The fourth-order valence-electron chi connectivity index (χ4n) is 3.56. The Morgan fingerprint density at radius 2 is 2.04 bits per heavy atom. The molecule has 1 aliphatic carbocycles. The van der Waals surface area contributed by atoms with Crippen LogP contribution in [0.2, 0.25) is 0 Å². The molecule has 4 heteroatoms. The first-order chi connectivity index (χ1) is 11.2. The number of likely N-dealkylation sites (tertiary alicyclic amines) is 1. The standard InChI is InChI=1S/C19H28N2O2/c1-14-7-10-21(11-8-14)12-9-20-19(22)17-13-16(17)15-5-3-4-6-18(15)23-2/h3-6,14,16-17H,7-13H2,1-2H3,(H,20,22)/t16-,17+/m0/s1. The quantitative estimate of drug-likeness (QED) is 0.877. The molecule has 0 aromatic heterocycles. The van der Waals surface area contributed by atoms with Crippen molar-refractivity contribution in [1.29, 1.82) is 0 Å². The molecule has 0 spiro atoms. The summed E-state index contributed by atoms with van der Waals surface area (Å²) in [7, 11) is 1.69. The van der Waals surface area contributed by atoms with E-state index >= 15 is 0 Å². The number of benzene rings is 1. The average molecular weight is 316 g/mol. The number of hydrogen-bond acceptors (Lipinski definition) is 3. The fourth-order valence-corrected chi connectivity index (χ4v) is 3.56. The highest BCUT2D eigenvalue weighted by molar-refractivity contribution is 5.83. The summed E-state index contributed by atoms with van der Waals surface area (Å²) in [4.78, 5) is 14.8. The first-order valence-electron chi connectivity index (χ1n) is 8.82. The number of amides is 1. The van der Waals surface area contributed by atoms with Gasteiger partial charge >= 0.3 is 0 Å². The van der Waals surface area contributed by atoms with E-state index in [4.69, 9.17) is 4.74 Å². The Morgan fingerprint density at radius 1 is 1.30 bits per heavy atom. The second kappa shape index (κ2) is 7.35. The maximum absolute atomic E-state index is 12.3. The first-order valence-corrected chi connectivity index (χ1v) is 8.82. The van der Waals surface area contributed by atoms with Crippen LogP contribution in [0.25, 0.3) is 0 Å². The van der Waals surface area contributed by atoms with Crippen LogP contribution in [0.15, 0.2) is 24.3 Å². The van der Waals surface area contributed by atoms with Crippen molar-refractivity contribution >= 4 is 5.91 Å². The van der Waals surface area contributed by atoms with Crippen LogP contribution in [0, 0.1) is 11.8 Å². The molecular weight excluding hydrogens is 288 g/mol. The Kier molecular flexibility index (Phi) is 5.21. The molecule has 2 atom stereocenters. The predicted molar refractivity (Wildman–Crippen MR) is 91.7 cm³/mol. The molecule has 0 unspecified atom stereocenters. The zero-order chi connectivity index (χ0) is 16.2. The third-order valence-corrected chi connectivity index (χ3v) is 5.27. The van der Waals surface area contributed by atoms with E-state index in [2.05, 4.69) is 23.2 Å². The molecular formula is C19H28N2O2. The highest BCUT2D eigenvalue weighted by atomic mass is 16.5. The number of carbonyl (C=O) groups excluding carboxylic acids is 1. The van der Waals surface area contributed by atoms with Crippen molar-refractivity contribution in [3.05, 3.63) is 29.8 Å². The van der Waals surface area contributed by atoms with Gasteiger partial charge < -0.3 is 15.0 Å². The lowest BCUT2D eigenvalue weighted by atomic mass is 9.99. The number of carbonyl (C=O) groups is 1. The Labute approximate surface area is 139 Å². The Balaban J connectivity index is 1.42. The van der Waals surface area contributed by atoms with Gasteiger partial charge in [0.2, 0.25) is 5.91 Å². The van der Waals surface area contributed by atoms with Gasteiger partial charge in [-0.25, -0.2) is 0 Å². The summed E-state index contributed by atoms with van der Waals surface area (Å²) in [6, 6.07) is 8.04. The average Bonchev–Trinajstić information content (AvgIpc) is 3.37. The summed E-state index contributed by atoms with van der Waals surface area (Å²) in [6.45, 7) is 6.41. The van der Waals surface area contributed by atoms with E-state index in [1.165, 1.54) is 31.5 Å². The molecule has 3 rings (SSSR count). The lowest BCUT2D eigenvalue weighted by Gasteiger charge is -2.30. The van der Waals surface area contributed by atoms with Gasteiger partial charge in [-0.2, -0.15) is 0 Å². The maximum Gasteiger partial charge on any atom is 0.223 e. The molecule has 1 saturated heterocycles. The lowest BCUT2D eigenvalue weighted by molar-refractivity contribution is -0.122. The Hall–Kier alpha value is -1.55. The summed E-state index contributed by atoms with van der Waals surface area (Å²) < 4.78 is 5.41. The van der Waals surface area contributed by atoms with Crippen molar-refractivity contribution < 1.29 is 9.53 Å². The van der Waals surface area contributed by atoms with E-state index in [1.807, 2.05) is 18.2 Å². The molecule has 1 N–H and O–H groups in total. The van der Waals surface area contributed by atoms with Crippen LogP contribution < -0.4 is 10.1 Å². The van der Waals surface area contributed by atoms with Crippen LogP contribution in [0.3, 0.4) is 0 Å². The van der Waals surface area contributed by atoms with Gasteiger partial charge in [-0.3, -0.25) is 4.79 Å². The van der Waals surface area contributed by atoms with Gasteiger partial charge in [0.25, 0.3) is 0 Å². The maximum atomic E-state index is 12.3. The van der Waals surface area contributed by atoms with E-state index < -0.39 is 0 Å². The normalized spacial score (nSPS) is 25.1. The molecule has 1 saturated carbocycles. The first kappa shape index (κ1) is 16.3. The van der Waals surface area contributed by atoms with E-state index in [1.54, 1.807) is 7.11 Å². The van der Waals surface area contributed by atoms with Crippen LogP contribution in [-0.4, -0.2) is 44.1 Å². The molecule has 2 aliphatic rings. The minimum atomic E-state index is 0.118. The third-order valence-electron chi connectivity index (χ3n) is 5.27. The molecule has 0 radical (unpaired) electrons. The number of ether oxygens (including phenoxy) is 1. The number of para-hydroxylation sites is 1. The molecule has 1 heterocycles. The molecule has 126 valence electrons. The molecule has 1 aromatic carbocycles. The fraction of sp³-hybridized carbons (Fsp3) is 0.632. The van der Waals surface area contributed by atoms with E-state index in [0.717, 1.165) is 31.2 Å². The van der Waals surface area contributed by atoms with E-state index in [-0.39, 0.29) is 11.8 Å². The van der Waals surface area contributed by atoms with Gasteiger partial charge in [-0.15, -0.1) is 0 Å². The zero-order valence-electron chi connectivity index (χ0n) is 14.3. The van der Waals surface area contributed by atoms with E-state index in [0.29, 0.717) is 5.92 Å². The molecule has 1 aromatic rings. The SMILES string of the molecule is COc1ccccc1[C@@H]1C[C@H]1C(=O)NCCN1CCC(C)CC1. The minimum Gasteiger partial charge on any atom is -0.496 e. The highest BCUT2D eigenvalue weighted by Crippen LogP contribution is 2.50. The van der Waals surface area contributed by atoms with Crippen LogP contribution in [0.1, 0.15) is 37.7 Å². The van der Waals surface area contributed by atoms with Gasteiger partial charge in [0.15, 0.2) is 0 Å². The van der Waals surface area contributed by atoms with Gasteiger partial charge in [0.05, 0.1) is 7.11 Å². The van der Waals surface area contributed by atoms with Crippen molar-refractivity contribution in [2.45, 2.75) is 32.1 Å². The number of methoxy groups -OCH3 is 1. The molecule has 4 nitrogen and oxygen atoms in total. The van der Waals surface area contributed by atoms with Crippen molar-refractivity contribution in [3.63, 3.8) is 0 Å². The lowest BCUT2D eigenvalue weighted by Crippen LogP contribution is -2.39. The highest BCUT2D eigenvalue weighted by Gasteiger charge is 2.45. The van der Waals surface area contributed by atoms with Gasteiger partial charge in [0.1, 0.15) is 5.75 Å². The number of nitrogens with zero attached hydrogens (tertiary/aromatic N) is 1. The van der Waals surface area contributed by atoms with Gasteiger partial charge in [-0.1, -0.05) is 25.1 Å².